The molecule has 2 aromatic carbocycles. The maximum atomic E-state index is 16.2. The predicted molar refractivity (Wildman–Crippen MR) is 236 cm³/mol. The molecule has 3 fully saturated rings. The monoisotopic (exact) mass is 844 g/mol. The van der Waals surface area contributed by atoms with Gasteiger partial charge in [0.05, 0.1) is 31.1 Å². The van der Waals surface area contributed by atoms with Crippen molar-refractivity contribution in [2.24, 2.45) is 11.3 Å². The third kappa shape index (κ3) is 8.16. The number of nitrogens with one attached hydrogen (secondary N) is 1. The Morgan fingerprint density at radius 1 is 0.968 bits per heavy atom. The van der Waals surface area contributed by atoms with Crippen LogP contribution in [0.15, 0.2) is 67.0 Å². The minimum Gasteiger partial charge on any atom is -0.497 e. The zero-order chi connectivity index (χ0) is 43.3. The van der Waals surface area contributed by atoms with Crippen molar-refractivity contribution >= 4 is 34.8 Å². The van der Waals surface area contributed by atoms with Crippen LogP contribution in [0.5, 0.6) is 5.75 Å². The molecule has 0 bridgehead atoms. The zero-order valence-corrected chi connectivity index (χ0v) is 36.6. The van der Waals surface area contributed by atoms with E-state index >= 15 is 4.39 Å². The Labute approximate surface area is 362 Å². The lowest BCUT2D eigenvalue weighted by molar-refractivity contribution is -0.0270. The molecule has 5 aromatic rings. The molecule has 2 amide bonds. The van der Waals surface area contributed by atoms with Crippen LogP contribution in [0.25, 0.3) is 16.9 Å². The van der Waals surface area contributed by atoms with Gasteiger partial charge in [0.15, 0.2) is 17.2 Å². The molecular weight excluding hydrogens is 788 g/mol. The van der Waals surface area contributed by atoms with E-state index in [1.165, 1.54) is 0 Å². The Kier molecular flexibility index (Phi) is 11.1. The van der Waals surface area contributed by atoms with Crippen LogP contribution in [0.2, 0.25) is 0 Å². The van der Waals surface area contributed by atoms with E-state index in [1.54, 1.807) is 31.0 Å². The fraction of sp³-hybridized carbons (Fsp3) is 0.479. The molecule has 2 aliphatic heterocycles. The van der Waals surface area contributed by atoms with Crippen molar-refractivity contribution in [3.63, 3.8) is 0 Å². The van der Waals surface area contributed by atoms with Crippen molar-refractivity contribution < 1.29 is 28.2 Å². The molecule has 2 saturated carbocycles. The van der Waals surface area contributed by atoms with Crippen molar-refractivity contribution in [3.05, 3.63) is 95.2 Å². The number of carbonyl (C=O) groups is 2. The summed E-state index contributed by atoms with van der Waals surface area (Å²) in [4.78, 5) is 41.9. The highest BCUT2D eigenvalue weighted by molar-refractivity contribution is 5.94. The van der Waals surface area contributed by atoms with Gasteiger partial charge in [0.1, 0.15) is 22.9 Å². The number of rotatable bonds is 11. The molecule has 13 nitrogen and oxygen atoms in total. The Bertz CT molecular complexity index is 2470. The predicted octanol–water partition coefficient (Wildman–Crippen LogP) is 8.15. The minimum atomic E-state index is -0.500. The number of amides is 2. The third-order valence-electron chi connectivity index (χ3n) is 13.4. The van der Waals surface area contributed by atoms with E-state index in [-0.39, 0.29) is 35.4 Å². The second-order valence-corrected chi connectivity index (χ2v) is 18.7. The van der Waals surface area contributed by atoms with Gasteiger partial charge in [0, 0.05) is 63.9 Å². The molecule has 0 radical (unpaired) electrons. The summed E-state index contributed by atoms with van der Waals surface area (Å²) in [6, 6.07) is 17.5. The number of hydrogen-bond donors (Lipinski definition) is 1. The van der Waals surface area contributed by atoms with Gasteiger partial charge < -0.3 is 34.2 Å². The standard InChI is InChI=1S/C48H57FN8O5/c1-47(2,3)62-46(59)55-20-17-48(18-21-55)25-32(26-48)22-31-23-36(49)43(50-27-31)35-8-7-9-38-34(35)16-19-56(38)42-24-39(54(4)29-30-10-12-33(60-5)13-11-30)44-51-28-40(57(44)53-42)45(58)52-37-14-15-41(37)61-6/h7-13,23-24,27-28,32,37,41H,14-22,25-26,29H2,1-6H3,(H,52,58)/t37-,41-/m1/s1. The molecule has 14 heteroatoms. The molecule has 1 N–H and O–H groups in total. The molecule has 2 aliphatic carbocycles. The first-order valence-electron chi connectivity index (χ1n) is 21.9. The fourth-order valence-electron chi connectivity index (χ4n) is 9.98. The second kappa shape index (κ2) is 16.5. The molecule has 2 atom stereocenters. The lowest BCUT2D eigenvalue weighted by Crippen LogP contribution is -2.51. The van der Waals surface area contributed by atoms with E-state index in [2.05, 4.69) is 15.1 Å². The van der Waals surface area contributed by atoms with Crippen LogP contribution in [-0.2, 0) is 28.9 Å². The molecular formula is C48H57FN8O5. The van der Waals surface area contributed by atoms with Crippen molar-refractivity contribution in [1.82, 2.24) is 29.8 Å². The SMILES string of the molecule is COc1ccc(CN(C)c2cc(N3CCc4c(-c5ncc(CC6CC7(CCN(C(=O)OC(C)(C)C)CC7)C6)cc5F)cccc43)nn3c(C(=O)N[C@@H]4CC[C@H]4OC)cnc23)cc1. The van der Waals surface area contributed by atoms with E-state index in [1.807, 2.05) is 87.4 Å². The number of nitrogens with zero attached hydrogens (tertiary/aromatic N) is 7. The van der Waals surface area contributed by atoms with Gasteiger partial charge in [-0.15, -0.1) is 5.10 Å². The van der Waals surface area contributed by atoms with Gasteiger partial charge in [-0.1, -0.05) is 24.3 Å². The number of aromatic nitrogens is 4. The number of carbonyl (C=O) groups excluding carboxylic acids is 2. The minimum absolute atomic E-state index is 0.0165. The summed E-state index contributed by atoms with van der Waals surface area (Å²) in [7, 11) is 5.32. The van der Waals surface area contributed by atoms with Crippen LogP contribution in [-0.4, -0.2) is 95.1 Å². The van der Waals surface area contributed by atoms with Gasteiger partial charge in [-0.05, 0) is 124 Å². The summed E-state index contributed by atoms with van der Waals surface area (Å²) in [5.41, 5.74) is 6.48. The number of fused-ring (bicyclic) bond motifs is 2. The van der Waals surface area contributed by atoms with Crippen LogP contribution in [0.3, 0.4) is 0 Å². The van der Waals surface area contributed by atoms with Crippen LogP contribution >= 0.6 is 0 Å². The van der Waals surface area contributed by atoms with Gasteiger partial charge in [0.25, 0.3) is 5.91 Å². The smallest absolute Gasteiger partial charge is 0.410 e. The zero-order valence-electron chi connectivity index (χ0n) is 36.6. The number of imidazole rings is 1. The third-order valence-corrected chi connectivity index (χ3v) is 13.4. The molecule has 1 spiro atoms. The van der Waals surface area contributed by atoms with Crippen molar-refractivity contribution in [2.75, 3.05) is 50.7 Å². The van der Waals surface area contributed by atoms with Crippen LogP contribution in [0, 0.1) is 17.2 Å². The van der Waals surface area contributed by atoms with Gasteiger partial charge >= 0.3 is 6.09 Å². The fourth-order valence-corrected chi connectivity index (χ4v) is 9.98. The van der Waals surface area contributed by atoms with Crippen molar-refractivity contribution in [1.29, 1.82) is 0 Å². The topological polar surface area (TPSA) is 127 Å². The molecule has 326 valence electrons. The Morgan fingerprint density at radius 3 is 2.42 bits per heavy atom. The number of piperidine rings is 1. The lowest BCUT2D eigenvalue weighted by Gasteiger charge is -2.52. The average molecular weight is 845 g/mol. The van der Waals surface area contributed by atoms with Gasteiger partial charge in [-0.3, -0.25) is 9.78 Å². The molecule has 3 aromatic heterocycles. The highest BCUT2D eigenvalue weighted by Crippen LogP contribution is 2.53. The Hall–Kier alpha value is -5.76. The van der Waals surface area contributed by atoms with Crippen LogP contribution in [0.4, 0.5) is 26.4 Å². The van der Waals surface area contributed by atoms with E-state index in [0.717, 1.165) is 97.4 Å². The molecule has 9 rings (SSSR count). The van der Waals surface area contributed by atoms with Crippen molar-refractivity contribution in [2.45, 2.75) is 96.4 Å². The number of hydrogen-bond acceptors (Lipinski definition) is 10. The first-order chi connectivity index (χ1) is 29.8. The lowest BCUT2D eigenvalue weighted by atomic mass is 9.56. The van der Waals surface area contributed by atoms with Crippen LogP contribution < -0.4 is 19.9 Å². The largest absolute Gasteiger partial charge is 0.497 e. The highest BCUT2D eigenvalue weighted by atomic mass is 19.1. The van der Waals surface area contributed by atoms with Gasteiger partial charge in [0.2, 0.25) is 0 Å². The highest BCUT2D eigenvalue weighted by Gasteiger charge is 2.46. The Balaban J connectivity index is 0.939. The summed E-state index contributed by atoms with van der Waals surface area (Å²) in [6.45, 7) is 8.31. The number of ether oxygens (including phenoxy) is 3. The average Bonchev–Trinajstić information content (AvgIpc) is 3.87. The Morgan fingerprint density at radius 2 is 1.74 bits per heavy atom. The maximum Gasteiger partial charge on any atom is 0.410 e. The number of anilines is 3. The summed E-state index contributed by atoms with van der Waals surface area (Å²) in [6.07, 6.45) is 10.5. The molecule has 4 aliphatic rings. The molecule has 0 unspecified atom stereocenters. The van der Waals surface area contributed by atoms with Gasteiger partial charge in [-0.25, -0.2) is 18.7 Å². The number of halogens is 1. The first kappa shape index (κ1) is 41.6. The summed E-state index contributed by atoms with van der Waals surface area (Å²) in [5, 5.41) is 8.19. The normalized spacial score (nSPS) is 19.5. The summed E-state index contributed by atoms with van der Waals surface area (Å²) >= 11 is 0. The summed E-state index contributed by atoms with van der Waals surface area (Å²) in [5.74, 6) is 1.31. The van der Waals surface area contributed by atoms with Gasteiger partial charge in [-0.2, -0.15) is 0 Å². The van der Waals surface area contributed by atoms with E-state index in [4.69, 9.17) is 29.3 Å². The van der Waals surface area contributed by atoms with Crippen molar-refractivity contribution in [3.8, 4) is 17.0 Å². The summed E-state index contributed by atoms with van der Waals surface area (Å²) < 4.78 is 34.3. The molecule has 62 heavy (non-hydrogen) atoms. The molecule has 1 saturated heterocycles. The number of likely N-dealkylation sites (tertiary alicyclic amines) is 1. The number of methoxy groups -OCH3 is 2. The van der Waals surface area contributed by atoms with E-state index in [0.29, 0.717) is 48.3 Å². The second-order valence-electron chi connectivity index (χ2n) is 18.7. The quantitative estimate of drug-likeness (QED) is 0.139. The van der Waals surface area contributed by atoms with E-state index in [9.17, 15) is 9.59 Å². The van der Waals surface area contributed by atoms with Crippen LogP contribution in [0.1, 0.15) is 86.5 Å². The maximum absolute atomic E-state index is 16.2. The number of benzene rings is 2. The van der Waals surface area contributed by atoms with E-state index < -0.39 is 5.60 Å². The molecule has 5 heterocycles. The first-order valence-corrected chi connectivity index (χ1v) is 21.9. The number of pyridine rings is 1.